The van der Waals surface area contributed by atoms with Crippen molar-refractivity contribution in [2.45, 2.75) is 11.3 Å². The van der Waals surface area contributed by atoms with Gasteiger partial charge in [0.25, 0.3) is 10.0 Å². The number of hydrogen-bond acceptors (Lipinski definition) is 7. The summed E-state index contributed by atoms with van der Waals surface area (Å²) in [6, 6.07) is 16.3. The normalized spacial score (nSPS) is 14.5. The molecule has 3 aromatic rings. The molecule has 0 bridgehead atoms. The zero-order chi connectivity index (χ0) is 21.0. The van der Waals surface area contributed by atoms with Crippen LogP contribution in [0.3, 0.4) is 0 Å². The molecule has 1 aromatic heterocycles. The average Bonchev–Trinajstić information content (AvgIpc) is 3.21. The molecule has 1 amide bonds. The van der Waals surface area contributed by atoms with E-state index in [0.717, 1.165) is 22.5 Å². The Bertz CT molecular complexity index is 1110. The molecule has 1 saturated heterocycles. The molecule has 0 atom stereocenters. The predicted octanol–water partition coefficient (Wildman–Crippen LogP) is 2.41. The molecule has 0 aliphatic carbocycles. The Morgan fingerprint density at radius 2 is 1.67 bits per heavy atom. The minimum Gasteiger partial charge on any atom is -0.378 e. The standard InChI is InChI=1S/C20H20N4O4S2/c25-19(24-10-12-28-13-11-24)14-18-21-22-20(29-18)23-30(26,27)17-8-6-16(7-9-17)15-4-2-1-3-5-15/h1-9H,10-14H2,(H,22,23). The van der Waals surface area contributed by atoms with Crippen molar-refractivity contribution >= 4 is 32.4 Å². The SMILES string of the molecule is O=C(Cc1nnc(NS(=O)(=O)c2ccc(-c3ccccc3)cc2)s1)N1CCOCC1. The summed E-state index contributed by atoms with van der Waals surface area (Å²) < 4.78 is 33.0. The molecule has 30 heavy (non-hydrogen) atoms. The van der Waals surface area contributed by atoms with Crippen molar-refractivity contribution < 1.29 is 17.9 Å². The van der Waals surface area contributed by atoms with Gasteiger partial charge in [0.1, 0.15) is 5.01 Å². The van der Waals surface area contributed by atoms with Gasteiger partial charge in [-0.05, 0) is 23.3 Å². The lowest BCUT2D eigenvalue weighted by molar-refractivity contribution is -0.134. The molecule has 2 heterocycles. The quantitative estimate of drug-likeness (QED) is 0.627. The first kappa shape index (κ1) is 20.5. The van der Waals surface area contributed by atoms with Crippen molar-refractivity contribution in [3.8, 4) is 11.1 Å². The second-order valence-electron chi connectivity index (χ2n) is 6.67. The number of amides is 1. The highest BCUT2D eigenvalue weighted by atomic mass is 32.2. The van der Waals surface area contributed by atoms with E-state index >= 15 is 0 Å². The smallest absolute Gasteiger partial charge is 0.263 e. The fourth-order valence-corrected chi connectivity index (χ4v) is 5.01. The molecule has 1 aliphatic rings. The zero-order valence-electron chi connectivity index (χ0n) is 16.0. The third-order valence-electron chi connectivity index (χ3n) is 4.63. The van der Waals surface area contributed by atoms with Crippen LogP contribution in [-0.2, 0) is 26.0 Å². The minimum absolute atomic E-state index is 0.0691. The van der Waals surface area contributed by atoms with Gasteiger partial charge in [-0.3, -0.25) is 9.52 Å². The Morgan fingerprint density at radius 3 is 2.37 bits per heavy atom. The van der Waals surface area contributed by atoms with E-state index < -0.39 is 10.0 Å². The Labute approximate surface area is 178 Å². The first-order valence-electron chi connectivity index (χ1n) is 9.37. The number of anilines is 1. The van der Waals surface area contributed by atoms with E-state index in [0.29, 0.717) is 31.3 Å². The van der Waals surface area contributed by atoms with E-state index in [1.54, 1.807) is 29.2 Å². The van der Waals surface area contributed by atoms with Crippen molar-refractivity contribution in [1.82, 2.24) is 15.1 Å². The molecule has 0 unspecified atom stereocenters. The lowest BCUT2D eigenvalue weighted by Crippen LogP contribution is -2.41. The molecule has 4 rings (SSSR count). The van der Waals surface area contributed by atoms with Crippen molar-refractivity contribution in [1.29, 1.82) is 0 Å². The molecule has 0 radical (unpaired) electrons. The van der Waals surface area contributed by atoms with Crippen molar-refractivity contribution in [2.75, 3.05) is 31.0 Å². The van der Waals surface area contributed by atoms with Crippen LogP contribution in [0.2, 0.25) is 0 Å². The highest BCUT2D eigenvalue weighted by Gasteiger charge is 2.21. The molecule has 1 aliphatic heterocycles. The number of carbonyl (C=O) groups excluding carboxylic acids is 1. The van der Waals surface area contributed by atoms with E-state index in [1.807, 2.05) is 30.3 Å². The van der Waals surface area contributed by atoms with Gasteiger partial charge in [0.15, 0.2) is 0 Å². The van der Waals surface area contributed by atoms with E-state index in [-0.39, 0.29) is 22.4 Å². The van der Waals surface area contributed by atoms with Gasteiger partial charge in [0, 0.05) is 13.1 Å². The molecular weight excluding hydrogens is 424 g/mol. The number of ether oxygens (including phenoxy) is 1. The van der Waals surface area contributed by atoms with Crippen LogP contribution in [0.15, 0.2) is 59.5 Å². The highest BCUT2D eigenvalue weighted by molar-refractivity contribution is 7.93. The third kappa shape index (κ3) is 4.84. The number of hydrogen-bond donors (Lipinski definition) is 1. The maximum Gasteiger partial charge on any atom is 0.263 e. The lowest BCUT2D eigenvalue weighted by atomic mass is 10.1. The van der Waals surface area contributed by atoms with Gasteiger partial charge in [-0.2, -0.15) is 0 Å². The van der Waals surface area contributed by atoms with Gasteiger partial charge < -0.3 is 9.64 Å². The van der Waals surface area contributed by atoms with Crippen molar-refractivity contribution in [3.05, 3.63) is 59.6 Å². The summed E-state index contributed by atoms with van der Waals surface area (Å²) in [4.78, 5) is 14.1. The Hall–Kier alpha value is -2.82. The summed E-state index contributed by atoms with van der Waals surface area (Å²) in [6.07, 6.45) is 0.0885. The van der Waals surface area contributed by atoms with E-state index in [4.69, 9.17) is 4.74 Å². The van der Waals surface area contributed by atoms with Crippen molar-refractivity contribution in [2.24, 2.45) is 0 Å². The number of morpholine rings is 1. The number of rotatable bonds is 6. The molecule has 0 saturated carbocycles. The molecule has 1 N–H and O–H groups in total. The van der Waals surface area contributed by atoms with Gasteiger partial charge in [0.2, 0.25) is 11.0 Å². The van der Waals surface area contributed by atoms with Gasteiger partial charge in [-0.1, -0.05) is 53.8 Å². The van der Waals surface area contributed by atoms with Crippen LogP contribution >= 0.6 is 11.3 Å². The van der Waals surface area contributed by atoms with E-state index in [1.165, 1.54) is 0 Å². The molecular formula is C20H20N4O4S2. The lowest BCUT2D eigenvalue weighted by Gasteiger charge is -2.26. The van der Waals surface area contributed by atoms with E-state index in [2.05, 4.69) is 14.9 Å². The number of nitrogens with one attached hydrogen (secondary N) is 1. The summed E-state index contributed by atoms with van der Waals surface area (Å²) in [7, 11) is -3.80. The number of sulfonamides is 1. The summed E-state index contributed by atoms with van der Waals surface area (Å²) in [5, 5.41) is 8.41. The largest absolute Gasteiger partial charge is 0.378 e. The van der Waals surface area contributed by atoms with Crippen LogP contribution in [0.1, 0.15) is 5.01 Å². The Kier molecular flexibility index (Phi) is 6.07. The van der Waals surface area contributed by atoms with E-state index in [9.17, 15) is 13.2 Å². The molecule has 0 spiro atoms. The predicted molar refractivity (Wildman–Crippen MR) is 114 cm³/mol. The summed E-state index contributed by atoms with van der Waals surface area (Å²) in [5.74, 6) is -0.0691. The maximum atomic E-state index is 12.7. The third-order valence-corrected chi connectivity index (χ3v) is 6.95. The fraction of sp³-hybridized carbons (Fsp3) is 0.250. The first-order chi connectivity index (χ1) is 14.5. The molecule has 2 aromatic carbocycles. The summed E-state index contributed by atoms with van der Waals surface area (Å²) >= 11 is 1.06. The van der Waals surface area contributed by atoms with Gasteiger partial charge >= 0.3 is 0 Å². The Balaban J connectivity index is 1.41. The number of carbonyl (C=O) groups is 1. The maximum absolute atomic E-state index is 12.7. The van der Waals surface area contributed by atoms with Crippen LogP contribution in [-0.4, -0.2) is 55.7 Å². The van der Waals surface area contributed by atoms with Crippen LogP contribution in [0.4, 0.5) is 5.13 Å². The second-order valence-corrected chi connectivity index (χ2v) is 9.41. The average molecular weight is 445 g/mol. The molecule has 156 valence electrons. The highest BCUT2D eigenvalue weighted by Crippen LogP contribution is 2.24. The van der Waals surface area contributed by atoms with Gasteiger partial charge in [-0.25, -0.2) is 8.42 Å². The second kappa shape index (κ2) is 8.90. The Morgan fingerprint density at radius 1 is 1.00 bits per heavy atom. The molecule has 10 heteroatoms. The van der Waals surface area contributed by atoms with Crippen LogP contribution in [0, 0.1) is 0 Å². The monoisotopic (exact) mass is 444 g/mol. The van der Waals surface area contributed by atoms with Crippen LogP contribution < -0.4 is 4.72 Å². The van der Waals surface area contributed by atoms with Gasteiger partial charge in [0.05, 0.1) is 24.5 Å². The topological polar surface area (TPSA) is 101 Å². The zero-order valence-corrected chi connectivity index (χ0v) is 17.7. The van der Waals surface area contributed by atoms with Crippen LogP contribution in [0.25, 0.3) is 11.1 Å². The number of nitrogens with zero attached hydrogens (tertiary/aromatic N) is 3. The number of aromatic nitrogens is 2. The fourth-order valence-electron chi connectivity index (χ4n) is 3.05. The summed E-state index contributed by atoms with van der Waals surface area (Å²) in [6.45, 7) is 2.15. The number of benzene rings is 2. The molecule has 1 fully saturated rings. The van der Waals surface area contributed by atoms with Crippen molar-refractivity contribution in [3.63, 3.8) is 0 Å². The first-order valence-corrected chi connectivity index (χ1v) is 11.7. The summed E-state index contributed by atoms with van der Waals surface area (Å²) in [5.41, 5.74) is 1.93. The van der Waals surface area contributed by atoms with Gasteiger partial charge in [-0.15, -0.1) is 10.2 Å². The minimum atomic E-state index is -3.80. The molecule has 8 nitrogen and oxygen atoms in total. The van der Waals surface area contributed by atoms with Crippen LogP contribution in [0.5, 0.6) is 0 Å².